The molecule has 2 aromatic rings. The molecular formula is C20H24N6O7S2. The molecule has 0 bridgehead atoms. The number of anilines is 2. The Morgan fingerprint density at radius 2 is 1.94 bits per heavy atom. The summed E-state index contributed by atoms with van der Waals surface area (Å²) in [6, 6.07) is 9.84. The van der Waals surface area contributed by atoms with Crippen LogP contribution in [0, 0.1) is 0 Å². The summed E-state index contributed by atoms with van der Waals surface area (Å²) < 4.78 is 60.8. The van der Waals surface area contributed by atoms with Crippen molar-refractivity contribution in [1.82, 2.24) is 10.6 Å². The number of amides is 2. The number of rotatable bonds is 8. The van der Waals surface area contributed by atoms with Crippen LogP contribution in [0.5, 0.6) is 5.75 Å². The van der Waals surface area contributed by atoms with Gasteiger partial charge in [0.25, 0.3) is 10.1 Å². The van der Waals surface area contributed by atoms with E-state index < -0.39 is 32.0 Å². The summed E-state index contributed by atoms with van der Waals surface area (Å²) in [5.41, 5.74) is 1.66. The van der Waals surface area contributed by atoms with Crippen LogP contribution in [-0.2, 0) is 20.2 Å². The zero-order chi connectivity index (χ0) is 25.6. The molecule has 4 N–H and O–H groups in total. The lowest BCUT2D eigenvalue weighted by Crippen LogP contribution is -2.44. The largest absolute Gasteiger partial charge is 0.379 e. The van der Waals surface area contributed by atoms with E-state index in [0.29, 0.717) is 11.4 Å². The van der Waals surface area contributed by atoms with Crippen LogP contribution in [0.2, 0.25) is 0 Å². The van der Waals surface area contributed by atoms with Crippen molar-refractivity contribution >= 4 is 55.5 Å². The fourth-order valence-electron chi connectivity index (χ4n) is 2.97. The number of benzene rings is 2. The summed E-state index contributed by atoms with van der Waals surface area (Å²) in [7, 11) is -4.91. The van der Waals surface area contributed by atoms with Crippen LogP contribution in [0.15, 0.2) is 57.3 Å². The van der Waals surface area contributed by atoms with Crippen LogP contribution >= 0.6 is 0 Å². The van der Waals surface area contributed by atoms with Crippen molar-refractivity contribution in [1.29, 1.82) is 0 Å². The Hall–Kier alpha value is -3.69. The molecule has 0 saturated carbocycles. The predicted octanol–water partition coefficient (Wildman–Crippen LogP) is 1.19. The van der Waals surface area contributed by atoms with Crippen molar-refractivity contribution in [3.05, 3.63) is 42.5 Å². The number of carbonyl (C=O) groups is 1. The van der Waals surface area contributed by atoms with Gasteiger partial charge in [-0.3, -0.25) is 14.9 Å². The van der Waals surface area contributed by atoms with Gasteiger partial charge >= 0.3 is 16.1 Å². The van der Waals surface area contributed by atoms with E-state index in [4.69, 9.17) is 8.74 Å². The SMILES string of the molecule is CN=CN(C)c1ccc(S(=O)(=O)Oc2ccc3c(c2)N=C(NC(=O)NCCS(=O)(=O)O)CN3)cc1. The van der Waals surface area contributed by atoms with Gasteiger partial charge in [0.15, 0.2) is 0 Å². The summed E-state index contributed by atoms with van der Waals surface area (Å²) >= 11 is 0. The third-order valence-electron chi connectivity index (χ3n) is 4.60. The highest BCUT2D eigenvalue weighted by Crippen LogP contribution is 2.33. The average Bonchev–Trinajstić information content (AvgIpc) is 2.78. The molecule has 15 heteroatoms. The van der Waals surface area contributed by atoms with E-state index in [1.807, 2.05) is 0 Å². The Kier molecular flexibility index (Phi) is 7.93. The van der Waals surface area contributed by atoms with E-state index >= 15 is 0 Å². The number of fused-ring (bicyclic) bond motifs is 1. The molecule has 35 heavy (non-hydrogen) atoms. The highest BCUT2D eigenvalue weighted by Gasteiger charge is 2.20. The number of amidine groups is 1. The second-order valence-corrected chi connectivity index (χ2v) is 10.4. The lowest BCUT2D eigenvalue weighted by atomic mass is 10.2. The number of nitrogens with zero attached hydrogens (tertiary/aromatic N) is 3. The normalized spacial score (nSPS) is 13.4. The maximum absolute atomic E-state index is 12.7. The summed E-state index contributed by atoms with van der Waals surface area (Å²) in [5, 5.41) is 7.75. The van der Waals surface area contributed by atoms with Gasteiger partial charge in [-0.25, -0.2) is 9.79 Å². The van der Waals surface area contributed by atoms with Crippen LogP contribution in [0.3, 0.4) is 0 Å². The molecule has 0 radical (unpaired) electrons. The minimum atomic E-state index is -4.20. The standard InChI is InChI=1S/C20H24N6O7S2/c1-21-13-26(2)14-3-6-16(7-4-14)35(31,32)33-15-5-8-17-18(11-15)24-19(12-23-17)25-20(27)22-9-10-34(28,29)30/h3-8,11,13,23H,9-10,12H2,1-2H3,(H,28,29,30)(H2,22,24,25,27). The molecule has 0 aliphatic carbocycles. The monoisotopic (exact) mass is 524 g/mol. The minimum Gasteiger partial charge on any atom is -0.379 e. The molecule has 0 fully saturated rings. The lowest BCUT2D eigenvalue weighted by molar-refractivity contribution is 0.246. The Morgan fingerprint density at radius 3 is 2.60 bits per heavy atom. The van der Waals surface area contributed by atoms with Crippen LogP contribution in [0.4, 0.5) is 21.9 Å². The van der Waals surface area contributed by atoms with E-state index in [2.05, 4.69) is 25.9 Å². The van der Waals surface area contributed by atoms with Gasteiger partial charge in [0.2, 0.25) is 0 Å². The number of nitrogens with one attached hydrogen (secondary N) is 3. The van der Waals surface area contributed by atoms with E-state index in [9.17, 15) is 21.6 Å². The molecule has 188 valence electrons. The number of urea groups is 1. The van der Waals surface area contributed by atoms with Gasteiger partial charge in [-0.05, 0) is 36.4 Å². The summed E-state index contributed by atoms with van der Waals surface area (Å²) in [4.78, 5) is 21.8. The zero-order valence-electron chi connectivity index (χ0n) is 18.8. The molecule has 3 rings (SSSR count). The van der Waals surface area contributed by atoms with Crippen molar-refractivity contribution in [2.75, 3.05) is 43.2 Å². The first kappa shape index (κ1) is 25.9. The summed E-state index contributed by atoms with van der Waals surface area (Å²) in [6.45, 7) is -0.123. The van der Waals surface area contributed by atoms with Crippen molar-refractivity contribution in [3.63, 3.8) is 0 Å². The van der Waals surface area contributed by atoms with Crippen LogP contribution in [0.25, 0.3) is 0 Å². The van der Waals surface area contributed by atoms with E-state index in [1.54, 1.807) is 43.5 Å². The van der Waals surface area contributed by atoms with E-state index in [-0.39, 0.29) is 29.6 Å². The first-order valence-electron chi connectivity index (χ1n) is 10.1. The molecule has 1 heterocycles. The number of hydrogen-bond acceptors (Lipinski definition) is 9. The lowest BCUT2D eigenvalue weighted by Gasteiger charge is -2.19. The van der Waals surface area contributed by atoms with Gasteiger partial charge in [0.1, 0.15) is 16.5 Å². The van der Waals surface area contributed by atoms with Gasteiger partial charge in [-0.2, -0.15) is 16.8 Å². The third-order valence-corrected chi connectivity index (χ3v) is 6.58. The second kappa shape index (κ2) is 10.7. The van der Waals surface area contributed by atoms with Gasteiger partial charge in [-0.15, -0.1) is 0 Å². The molecule has 2 amide bonds. The first-order chi connectivity index (χ1) is 16.5. The molecule has 0 spiro atoms. The predicted molar refractivity (Wildman–Crippen MR) is 132 cm³/mol. The van der Waals surface area contributed by atoms with Crippen LogP contribution in [-0.4, -0.2) is 72.5 Å². The van der Waals surface area contributed by atoms with E-state index in [0.717, 1.165) is 5.69 Å². The fraction of sp³-hybridized carbons (Fsp3) is 0.250. The highest BCUT2D eigenvalue weighted by atomic mass is 32.2. The topological polar surface area (TPSA) is 179 Å². The maximum Gasteiger partial charge on any atom is 0.339 e. The van der Waals surface area contributed by atoms with E-state index in [1.165, 1.54) is 24.3 Å². The van der Waals surface area contributed by atoms with Crippen LogP contribution < -0.4 is 25.0 Å². The van der Waals surface area contributed by atoms with Crippen molar-refractivity contribution in [2.24, 2.45) is 9.98 Å². The molecule has 2 aromatic carbocycles. The Balaban J connectivity index is 1.69. The molecule has 0 atom stereocenters. The minimum absolute atomic E-state index is 0.0208. The Labute approximate surface area is 202 Å². The molecule has 0 unspecified atom stereocenters. The first-order valence-corrected chi connectivity index (χ1v) is 13.1. The van der Waals surface area contributed by atoms with Gasteiger partial charge in [0, 0.05) is 32.4 Å². The smallest absolute Gasteiger partial charge is 0.339 e. The van der Waals surface area contributed by atoms with Gasteiger partial charge in [0.05, 0.1) is 30.0 Å². The molecule has 0 saturated heterocycles. The Morgan fingerprint density at radius 1 is 1.23 bits per heavy atom. The van der Waals surface area contributed by atoms with Crippen molar-refractivity contribution < 1.29 is 30.4 Å². The van der Waals surface area contributed by atoms with Gasteiger partial charge < -0.3 is 19.7 Å². The summed E-state index contributed by atoms with van der Waals surface area (Å²) in [6.07, 6.45) is 1.59. The quantitative estimate of drug-likeness (QED) is 0.171. The third kappa shape index (κ3) is 7.40. The summed E-state index contributed by atoms with van der Waals surface area (Å²) in [5.74, 6) is -0.403. The molecule has 1 aliphatic heterocycles. The van der Waals surface area contributed by atoms with Gasteiger partial charge in [-0.1, -0.05) is 0 Å². The van der Waals surface area contributed by atoms with Crippen LogP contribution in [0.1, 0.15) is 0 Å². The highest BCUT2D eigenvalue weighted by molar-refractivity contribution is 7.87. The molecule has 1 aliphatic rings. The number of hydrogen-bond donors (Lipinski definition) is 4. The second-order valence-electron chi connectivity index (χ2n) is 7.27. The Bertz CT molecular complexity index is 1360. The van der Waals surface area contributed by atoms with Crippen molar-refractivity contribution in [2.45, 2.75) is 4.90 Å². The number of aliphatic imine (C=N–C) groups is 2. The average molecular weight is 525 g/mol. The van der Waals surface area contributed by atoms with Crippen molar-refractivity contribution in [3.8, 4) is 5.75 Å². The maximum atomic E-state index is 12.7. The molecule has 13 nitrogen and oxygen atoms in total. The fourth-order valence-corrected chi connectivity index (χ4v) is 4.26. The zero-order valence-corrected chi connectivity index (χ0v) is 20.4. The molecule has 0 aromatic heterocycles. The number of carbonyl (C=O) groups excluding carboxylic acids is 1. The molecular weight excluding hydrogens is 500 g/mol.